The Morgan fingerprint density at radius 2 is 1.88 bits per heavy atom. The predicted octanol–water partition coefficient (Wildman–Crippen LogP) is 1.82. The van der Waals surface area contributed by atoms with Crippen molar-refractivity contribution in [1.82, 2.24) is 29.4 Å². The number of halogens is 1. The van der Waals surface area contributed by atoms with Crippen molar-refractivity contribution in [2.24, 2.45) is 0 Å². The lowest BCUT2D eigenvalue weighted by Gasteiger charge is -2.38. The second-order valence-electron chi connectivity index (χ2n) is 10.0. The summed E-state index contributed by atoms with van der Waals surface area (Å²) in [6.07, 6.45) is 3.53. The zero-order valence-electron chi connectivity index (χ0n) is 21.8. The standard InChI is InChI=1S/C26H28ClN11O2/c27-23-20(32-26-33-24(31-18-1-2-18)25-30-15-19(14-29)38(25)34-26)11-17(13-28)12-21(23)36-3-5-37(6-4-36)22(39)16-35-7-9-40-10-8-35/h11-12,15,18H,1-10,16H2,(H2,31,32,33,34). The number of amides is 1. The summed E-state index contributed by atoms with van der Waals surface area (Å²) in [6.45, 7) is 5.54. The minimum atomic E-state index is 0.111. The summed E-state index contributed by atoms with van der Waals surface area (Å²) in [6, 6.07) is 8.02. The fourth-order valence-corrected chi connectivity index (χ4v) is 5.17. The van der Waals surface area contributed by atoms with Gasteiger partial charge in [0, 0.05) is 45.3 Å². The quantitative estimate of drug-likeness (QED) is 0.434. The molecule has 206 valence electrons. The van der Waals surface area contributed by atoms with Crippen molar-refractivity contribution in [1.29, 1.82) is 10.5 Å². The summed E-state index contributed by atoms with van der Waals surface area (Å²) in [4.78, 5) is 27.8. The molecule has 3 aliphatic rings. The molecule has 2 N–H and O–H groups in total. The highest BCUT2D eigenvalue weighted by molar-refractivity contribution is 6.36. The zero-order valence-corrected chi connectivity index (χ0v) is 22.6. The number of carbonyl (C=O) groups excluding carboxylic acids is 1. The van der Waals surface area contributed by atoms with E-state index in [4.69, 9.17) is 16.3 Å². The summed E-state index contributed by atoms with van der Waals surface area (Å²) in [7, 11) is 0. The van der Waals surface area contributed by atoms with Gasteiger partial charge in [0.05, 0.1) is 54.0 Å². The second-order valence-corrected chi connectivity index (χ2v) is 10.4. The molecule has 4 heterocycles. The first-order valence-electron chi connectivity index (χ1n) is 13.3. The molecule has 2 aromatic heterocycles. The molecule has 6 rings (SSSR count). The van der Waals surface area contributed by atoms with Crippen LogP contribution in [-0.4, -0.2) is 100 Å². The van der Waals surface area contributed by atoms with Crippen LogP contribution in [0.25, 0.3) is 5.65 Å². The van der Waals surface area contributed by atoms with E-state index in [1.54, 1.807) is 12.1 Å². The number of carbonyl (C=O) groups is 1. The van der Waals surface area contributed by atoms with Crippen LogP contribution in [0.15, 0.2) is 18.3 Å². The number of anilines is 4. The number of hydrogen-bond donors (Lipinski definition) is 2. The van der Waals surface area contributed by atoms with E-state index in [-0.39, 0.29) is 17.5 Å². The molecule has 40 heavy (non-hydrogen) atoms. The normalized spacial score (nSPS) is 17.9. The Hall–Kier alpha value is -4.17. The van der Waals surface area contributed by atoms with Gasteiger partial charge >= 0.3 is 0 Å². The molecule has 0 atom stereocenters. The molecule has 1 aromatic carbocycles. The summed E-state index contributed by atoms with van der Waals surface area (Å²) in [5.41, 5.74) is 2.33. The topological polar surface area (TPSA) is 151 Å². The largest absolute Gasteiger partial charge is 0.379 e. The van der Waals surface area contributed by atoms with Gasteiger partial charge in [0.1, 0.15) is 6.07 Å². The average Bonchev–Trinajstić information content (AvgIpc) is 3.70. The number of morpholine rings is 1. The number of nitrogens with zero attached hydrogens (tertiary/aromatic N) is 9. The molecule has 1 amide bonds. The first-order chi connectivity index (χ1) is 19.5. The van der Waals surface area contributed by atoms with E-state index >= 15 is 0 Å². The number of ether oxygens (including phenoxy) is 1. The van der Waals surface area contributed by atoms with Crippen LogP contribution < -0.4 is 15.5 Å². The smallest absolute Gasteiger partial charge is 0.247 e. The van der Waals surface area contributed by atoms with Crippen molar-refractivity contribution in [3.8, 4) is 12.1 Å². The molecule has 1 aliphatic carbocycles. The van der Waals surface area contributed by atoms with Gasteiger partial charge in [-0.25, -0.2) is 4.98 Å². The fourth-order valence-electron chi connectivity index (χ4n) is 4.89. The maximum atomic E-state index is 12.9. The first-order valence-corrected chi connectivity index (χ1v) is 13.7. The minimum absolute atomic E-state index is 0.111. The monoisotopic (exact) mass is 561 g/mol. The third-order valence-electron chi connectivity index (χ3n) is 7.26. The summed E-state index contributed by atoms with van der Waals surface area (Å²) >= 11 is 6.88. The molecular weight excluding hydrogens is 534 g/mol. The van der Waals surface area contributed by atoms with Gasteiger partial charge in [-0.1, -0.05) is 11.6 Å². The molecule has 2 saturated heterocycles. The lowest BCUT2D eigenvalue weighted by Crippen LogP contribution is -2.52. The van der Waals surface area contributed by atoms with Crippen LogP contribution in [0.4, 0.5) is 23.1 Å². The Morgan fingerprint density at radius 3 is 2.58 bits per heavy atom. The van der Waals surface area contributed by atoms with E-state index in [1.165, 1.54) is 10.7 Å². The Bertz CT molecular complexity index is 1510. The fraction of sp³-hybridized carbons (Fsp3) is 0.462. The van der Waals surface area contributed by atoms with Crippen molar-refractivity contribution in [3.05, 3.63) is 34.6 Å². The van der Waals surface area contributed by atoms with Gasteiger partial charge in [0.25, 0.3) is 0 Å². The third-order valence-corrected chi connectivity index (χ3v) is 7.66. The van der Waals surface area contributed by atoms with Crippen molar-refractivity contribution in [2.75, 3.05) is 74.6 Å². The van der Waals surface area contributed by atoms with Crippen molar-refractivity contribution in [2.45, 2.75) is 18.9 Å². The van der Waals surface area contributed by atoms with Crippen LogP contribution in [0.5, 0.6) is 0 Å². The molecule has 3 fully saturated rings. The van der Waals surface area contributed by atoms with Crippen molar-refractivity contribution >= 4 is 46.3 Å². The van der Waals surface area contributed by atoms with Crippen molar-refractivity contribution in [3.63, 3.8) is 0 Å². The van der Waals surface area contributed by atoms with Gasteiger partial charge in [0.15, 0.2) is 17.2 Å². The Balaban J connectivity index is 1.21. The average molecular weight is 562 g/mol. The molecule has 2 aliphatic heterocycles. The van der Waals surface area contributed by atoms with Gasteiger partial charge in [-0.2, -0.15) is 20.0 Å². The summed E-state index contributed by atoms with van der Waals surface area (Å²) in [5.74, 6) is 0.846. The van der Waals surface area contributed by atoms with Gasteiger partial charge in [0.2, 0.25) is 11.9 Å². The number of nitriles is 2. The van der Waals surface area contributed by atoms with E-state index < -0.39 is 0 Å². The predicted molar refractivity (Wildman–Crippen MR) is 148 cm³/mol. The Kier molecular flexibility index (Phi) is 7.26. The molecule has 0 unspecified atom stereocenters. The van der Waals surface area contributed by atoms with E-state index in [1.807, 2.05) is 4.90 Å². The minimum Gasteiger partial charge on any atom is -0.379 e. The van der Waals surface area contributed by atoms with Crippen LogP contribution in [0.3, 0.4) is 0 Å². The van der Waals surface area contributed by atoms with E-state index in [0.29, 0.717) is 85.4 Å². The third kappa shape index (κ3) is 5.45. The molecule has 3 aromatic rings. The summed E-state index contributed by atoms with van der Waals surface area (Å²) in [5, 5.41) is 30.6. The number of nitrogens with one attached hydrogen (secondary N) is 2. The lowest BCUT2D eigenvalue weighted by molar-refractivity contribution is -0.133. The van der Waals surface area contributed by atoms with Crippen LogP contribution in [0.1, 0.15) is 24.1 Å². The van der Waals surface area contributed by atoms with Gasteiger partial charge in [-0.05, 0) is 25.0 Å². The summed E-state index contributed by atoms with van der Waals surface area (Å²) < 4.78 is 6.81. The molecule has 0 bridgehead atoms. The molecule has 14 heteroatoms. The number of fused-ring (bicyclic) bond motifs is 1. The number of hydrogen-bond acceptors (Lipinski definition) is 11. The number of aromatic nitrogens is 4. The number of benzene rings is 1. The maximum absolute atomic E-state index is 12.9. The maximum Gasteiger partial charge on any atom is 0.247 e. The Morgan fingerprint density at radius 1 is 1.10 bits per heavy atom. The first kappa shape index (κ1) is 26.1. The van der Waals surface area contributed by atoms with Gasteiger partial charge < -0.3 is 25.2 Å². The van der Waals surface area contributed by atoms with Crippen LogP contribution >= 0.6 is 11.6 Å². The van der Waals surface area contributed by atoms with Crippen LogP contribution in [-0.2, 0) is 9.53 Å². The highest BCUT2D eigenvalue weighted by atomic mass is 35.5. The van der Waals surface area contributed by atoms with Gasteiger partial charge in [-0.15, -0.1) is 5.10 Å². The molecule has 0 radical (unpaired) electrons. The number of piperazine rings is 1. The molecule has 0 spiro atoms. The van der Waals surface area contributed by atoms with E-state index in [0.717, 1.165) is 25.9 Å². The highest BCUT2D eigenvalue weighted by Crippen LogP contribution is 2.36. The molecule has 13 nitrogen and oxygen atoms in total. The van der Waals surface area contributed by atoms with Crippen molar-refractivity contribution < 1.29 is 9.53 Å². The lowest BCUT2D eigenvalue weighted by atomic mass is 10.1. The van der Waals surface area contributed by atoms with Gasteiger partial charge in [-0.3, -0.25) is 9.69 Å². The second kappa shape index (κ2) is 11.1. The Labute approximate surface area is 235 Å². The zero-order chi connectivity index (χ0) is 27.6. The molecule has 1 saturated carbocycles. The number of rotatable bonds is 7. The van der Waals surface area contributed by atoms with E-state index in [2.05, 4.69) is 47.6 Å². The van der Waals surface area contributed by atoms with Crippen LogP contribution in [0.2, 0.25) is 5.02 Å². The van der Waals surface area contributed by atoms with Crippen LogP contribution in [0, 0.1) is 22.7 Å². The highest BCUT2D eigenvalue weighted by Gasteiger charge is 2.27. The molecular formula is C26H28ClN11O2. The SMILES string of the molecule is N#Cc1cc(Nc2nc(NC3CC3)c3ncc(C#N)n3n2)c(Cl)c(N2CCN(C(=O)CN3CCOCC3)CC2)c1. The van der Waals surface area contributed by atoms with E-state index in [9.17, 15) is 15.3 Å². The number of imidazole rings is 1.